The summed E-state index contributed by atoms with van der Waals surface area (Å²) in [6.45, 7) is 6.17. The van der Waals surface area contributed by atoms with E-state index in [1.54, 1.807) is 0 Å². The lowest BCUT2D eigenvalue weighted by molar-refractivity contribution is -0.136. The molecule has 0 radical (unpaired) electrons. The first kappa shape index (κ1) is 17.2. The number of hydrogen-bond donors (Lipinski definition) is 0. The van der Waals surface area contributed by atoms with Gasteiger partial charge in [-0.15, -0.1) is 0 Å². The van der Waals surface area contributed by atoms with Crippen LogP contribution >= 0.6 is 0 Å². The molecule has 2 aromatic carbocycles. The number of aryl methyl sites for hydroxylation is 1. The van der Waals surface area contributed by atoms with Crippen LogP contribution in [0, 0.1) is 18.2 Å². The monoisotopic (exact) mass is 352 g/mol. The van der Waals surface area contributed by atoms with Gasteiger partial charge in [-0.1, -0.05) is 42.0 Å². The zero-order chi connectivity index (χ0) is 18.1. The predicted molar refractivity (Wildman–Crippen MR) is 99.9 cm³/mol. The summed E-state index contributed by atoms with van der Waals surface area (Å²) in [6.07, 6.45) is 1.87. The standard InChI is InChI=1S/C22H25FN2O/c1-17-3-2-4-19(13-17)15-25-12-10-22(21(25)26)9-11-24(16-22)14-18-5-7-20(23)8-6-18/h2-8,13H,9-12,14-16H2,1H3/t22-/m0/s1. The molecule has 2 saturated heterocycles. The molecule has 0 aliphatic carbocycles. The number of carbonyl (C=O) groups excluding carboxylic acids is 1. The Labute approximate surface area is 154 Å². The number of likely N-dealkylation sites (tertiary alicyclic amines) is 2. The smallest absolute Gasteiger partial charge is 0.230 e. The van der Waals surface area contributed by atoms with Crippen LogP contribution in [-0.2, 0) is 17.9 Å². The van der Waals surface area contributed by atoms with Crippen LogP contribution in [-0.4, -0.2) is 35.3 Å². The van der Waals surface area contributed by atoms with Crippen LogP contribution in [0.3, 0.4) is 0 Å². The van der Waals surface area contributed by atoms with E-state index in [0.29, 0.717) is 12.5 Å². The molecule has 2 heterocycles. The number of rotatable bonds is 4. The Morgan fingerprint density at radius 1 is 1.00 bits per heavy atom. The van der Waals surface area contributed by atoms with E-state index in [4.69, 9.17) is 0 Å². The molecule has 2 aliphatic rings. The molecular formula is C22H25FN2O. The van der Waals surface area contributed by atoms with Crippen molar-refractivity contribution in [1.82, 2.24) is 9.80 Å². The molecule has 2 aromatic rings. The van der Waals surface area contributed by atoms with Gasteiger partial charge in [0.25, 0.3) is 0 Å². The molecule has 0 aromatic heterocycles. The first-order valence-corrected chi connectivity index (χ1v) is 9.36. The Balaban J connectivity index is 1.40. The molecule has 4 rings (SSSR count). The molecule has 1 amide bonds. The van der Waals surface area contributed by atoms with Crippen molar-refractivity contribution in [1.29, 1.82) is 0 Å². The van der Waals surface area contributed by atoms with Gasteiger partial charge in [0, 0.05) is 26.2 Å². The highest BCUT2D eigenvalue weighted by molar-refractivity contribution is 5.85. The minimum atomic E-state index is -0.218. The van der Waals surface area contributed by atoms with Crippen LogP contribution in [0.25, 0.3) is 0 Å². The maximum Gasteiger partial charge on any atom is 0.230 e. The zero-order valence-electron chi connectivity index (χ0n) is 15.2. The van der Waals surface area contributed by atoms with Gasteiger partial charge in [0.05, 0.1) is 5.41 Å². The Kier molecular flexibility index (Phi) is 4.53. The van der Waals surface area contributed by atoms with E-state index in [9.17, 15) is 9.18 Å². The van der Waals surface area contributed by atoms with E-state index >= 15 is 0 Å². The molecule has 3 nitrogen and oxygen atoms in total. The summed E-state index contributed by atoms with van der Waals surface area (Å²) in [7, 11) is 0. The summed E-state index contributed by atoms with van der Waals surface area (Å²) in [5, 5.41) is 0. The van der Waals surface area contributed by atoms with Crippen molar-refractivity contribution in [2.24, 2.45) is 5.41 Å². The average Bonchev–Trinajstić information content (AvgIpc) is 3.16. The highest BCUT2D eigenvalue weighted by Gasteiger charge is 2.50. The molecule has 1 spiro atoms. The Bertz CT molecular complexity index is 804. The van der Waals surface area contributed by atoms with E-state index in [0.717, 1.165) is 44.6 Å². The Morgan fingerprint density at radius 3 is 2.54 bits per heavy atom. The zero-order valence-corrected chi connectivity index (χ0v) is 15.2. The van der Waals surface area contributed by atoms with Gasteiger partial charge < -0.3 is 4.90 Å². The van der Waals surface area contributed by atoms with Crippen molar-refractivity contribution < 1.29 is 9.18 Å². The fourth-order valence-corrected chi connectivity index (χ4v) is 4.39. The van der Waals surface area contributed by atoms with Gasteiger partial charge in [0.1, 0.15) is 5.82 Å². The third kappa shape index (κ3) is 3.38. The second kappa shape index (κ2) is 6.84. The van der Waals surface area contributed by atoms with Crippen LogP contribution in [0.2, 0.25) is 0 Å². The quantitative estimate of drug-likeness (QED) is 0.836. The summed E-state index contributed by atoms with van der Waals surface area (Å²) >= 11 is 0. The number of halogens is 1. The van der Waals surface area contributed by atoms with Gasteiger partial charge in [0.15, 0.2) is 0 Å². The summed E-state index contributed by atoms with van der Waals surface area (Å²) in [5.74, 6) is 0.102. The van der Waals surface area contributed by atoms with Crippen LogP contribution in [0.1, 0.15) is 29.5 Å². The molecule has 0 bridgehead atoms. The average molecular weight is 352 g/mol. The SMILES string of the molecule is Cc1cccc(CN2CC[C@]3(CCN(Cc4ccc(F)cc4)C3)C2=O)c1. The van der Waals surface area contributed by atoms with Gasteiger partial charge in [-0.25, -0.2) is 4.39 Å². The fraction of sp³-hybridized carbons (Fsp3) is 0.409. The number of carbonyl (C=O) groups is 1. The van der Waals surface area contributed by atoms with Crippen LogP contribution in [0.4, 0.5) is 4.39 Å². The summed E-state index contributed by atoms with van der Waals surface area (Å²) in [6, 6.07) is 15.1. The largest absolute Gasteiger partial charge is 0.338 e. The summed E-state index contributed by atoms with van der Waals surface area (Å²) < 4.78 is 13.1. The van der Waals surface area contributed by atoms with Crippen molar-refractivity contribution >= 4 is 5.91 Å². The lowest BCUT2D eigenvalue weighted by Gasteiger charge is -2.24. The number of benzene rings is 2. The fourth-order valence-electron chi connectivity index (χ4n) is 4.39. The molecule has 0 unspecified atom stereocenters. The lowest BCUT2D eigenvalue weighted by Crippen LogP contribution is -2.36. The molecule has 136 valence electrons. The summed E-state index contributed by atoms with van der Waals surface area (Å²) in [5.41, 5.74) is 3.32. The van der Waals surface area contributed by atoms with Crippen LogP contribution in [0.15, 0.2) is 48.5 Å². The van der Waals surface area contributed by atoms with Crippen molar-refractivity contribution in [2.75, 3.05) is 19.6 Å². The van der Waals surface area contributed by atoms with Gasteiger partial charge >= 0.3 is 0 Å². The molecule has 0 N–H and O–H groups in total. The summed E-state index contributed by atoms with van der Waals surface area (Å²) in [4.78, 5) is 17.5. The molecule has 26 heavy (non-hydrogen) atoms. The van der Waals surface area contributed by atoms with E-state index in [1.807, 2.05) is 17.0 Å². The van der Waals surface area contributed by atoms with E-state index < -0.39 is 0 Å². The normalized spacial score (nSPS) is 23.3. The Morgan fingerprint density at radius 2 is 1.77 bits per heavy atom. The van der Waals surface area contributed by atoms with Crippen molar-refractivity contribution in [3.05, 3.63) is 71.0 Å². The molecule has 2 fully saturated rings. The van der Waals surface area contributed by atoms with E-state index in [2.05, 4.69) is 36.1 Å². The van der Waals surface area contributed by atoms with Gasteiger partial charge in [-0.2, -0.15) is 0 Å². The maximum atomic E-state index is 13.1. The van der Waals surface area contributed by atoms with Crippen molar-refractivity contribution in [3.63, 3.8) is 0 Å². The van der Waals surface area contributed by atoms with E-state index in [1.165, 1.54) is 23.3 Å². The van der Waals surface area contributed by atoms with Gasteiger partial charge in [-0.05, 0) is 49.6 Å². The second-order valence-electron chi connectivity index (χ2n) is 7.83. The molecule has 4 heteroatoms. The minimum Gasteiger partial charge on any atom is -0.338 e. The predicted octanol–water partition coefficient (Wildman–Crippen LogP) is 3.76. The first-order valence-electron chi connectivity index (χ1n) is 9.36. The van der Waals surface area contributed by atoms with Crippen LogP contribution < -0.4 is 0 Å². The Hall–Kier alpha value is -2.20. The highest BCUT2D eigenvalue weighted by atomic mass is 19.1. The van der Waals surface area contributed by atoms with Crippen LogP contribution in [0.5, 0.6) is 0 Å². The topological polar surface area (TPSA) is 23.6 Å². The van der Waals surface area contributed by atoms with Crippen molar-refractivity contribution in [2.45, 2.75) is 32.9 Å². The molecule has 1 atom stereocenters. The number of amides is 1. The third-order valence-corrected chi connectivity index (χ3v) is 5.81. The van der Waals surface area contributed by atoms with Crippen molar-refractivity contribution in [3.8, 4) is 0 Å². The van der Waals surface area contributed by atoms with Gasteiger partial charge in [-0.3, -0.25) is 9.69 Å². The third-order valence-electron chi connectivity index (χ3n) is 5.81. The molecule has 0 saturated carbocycles. The number of hydrogen-bond acceptors (Lipinski definition) is 2. The highest BCUT2D eigenvalue weighted by Crippen LogP contribution is 2.41. The first-order chi connectivity index (χ1) is 12.5. The minimum absolute atomic E-state index is 0.204. The molecular weight excluding hydrogens is 327 g/mol. The lowest BCUT2D eigenvalue weighted by atomic mass is 9.85. The molecule has 2 aliphatic heterocycles. The number of nitrogens with zero attached hydrogens (tertiary/aromatic N) is 2. The van der Waals surface area contributed by atoms with Gasteiger partial charge in [0.2, 0.25) is 5.91 Å². The second-order valence-corrected chi connectivity index (χ2v) is 7.83. The van der Waals surface area contributed by atoms with E-state index in [-0.39, 0.29) is 11.2 Å². The maximum absolute atomic E-state index is 13.1.